The number of rotatable bonds is 7. The highest BCUT2D eigenvalue weighted by Gasteiger charge is 2.44. The summed E-state index contributed by atoms with van der Waals surface area (Å²) in [6.45, 7) is 7.16. The van der Waals surface area contributed by atoms with Gasteiger partial charge in [-0.1, -0.05) is 177 Å². The Morgan fingerprint density at radius 3 is 2.30 bits per heavy atom. The molecule has 0 amide bonds. The van der Waals surface area contributed by atoms with Gasteiger partial charge in [-0.3, -0.25) is 0 Å². The van der Waals surface area contributed by atoms with Crippen molar-refractivity contribution in [2.45, 2.75) is 70.6 Å². The molecule has 6 aliphatic rings. The maximum absolute atomic E-state index is 2.62. The van der Waals surface area contributed by atoms with Gasteiger partial charge in [0, 0.05) is 28.9 Å². The van der Waals surface area contributed by atoms with Crippen LogP contribution in [0.4, 0.5) is 5.69 Å². The molecule has 312 valence electrons. The molecule has 3 atom stereocenters. The Morgan fingerprint density at radius 2 is 1.45 bits per heavy atom. The number of nitrogens with zero attached hydrogens (tertiary/aromatic N) is 1. The van der Waals surface area contributed by atoms with E-state index >= 15 is 0 Å². The average Bonchev–Trinajstić information content (AvgIpc) is 3.79. The Bertz CT molecular complexity index is 3160. The molecule has 6 aromatic carbocycles. The van der Waals surface area contributed by atoms with Crippen molar-refractivity contribution in [3.63, 3.8) is 0 Å². The number of anilines is 1. The molecule has 64 heavy (non-hydrogen) atoms. The predicted molar refractivity (Wildman–Crippen MR) is 271 cm³/mol. The molecule has 0 saturated carbocycles. The van der Waals surface area contributed by atoms with Crippen molar-refractivity contribution in [2.75, 3.05) is 4.90 Å². The minimum Gasteiger partial charge on any atom is -0.315 e. The van der Waals surface area contributed by atoms with Crippen LogP contribution in [0.15, 0.2) is 205 Å². The van der Waals surface area contributed by atoms with Gasteiger partial charge in [-0.25, -0.2) is 0 Å². The molecule has 0 fully saturated rings. The fourth-order valence-corrected chi connectivity index (χ4v) is 12.1. The Morgan fingerprint density at radius 1 is 0.625 bits per heavy atom. The smallest absolute Gasteiger partial charge is 0.0461 e. The van der Waals surface area contributed by atoms with Crippen LogP contribution in [-0.4, -0.2) is 0 Å². The van der Waals surface area contributed by atoms with Crippen LogP contribution in [0.1, 0.15) is 97.2 Å². The topological polar surface area (TPSA) is 3.24 Å². The summed E-state index contributed by atoms with van der Waals surface area (Å²) in [5, 5.41) is 2.57. The summed E-state index contributed by atoms with van der Waals surface area (Å²) < 4.78 is 0. The van der Waals surface area contributed by atoms with Gasteiger partial charge in [0.1, 0.15) is 0 Å². The van der Waals surface area contributed by atoms with Crippen molar-refractivity contribution in [3.05, 3.63) is 244 Å². The molecule has 1 nitrogen and oxygen atoms in total. The fraction of sp³-hybridized carbons (Fsp3) is 0.206. The molecule has 0 heterocycles. The summed E-state index contributed by atoms with van der Waals surface area (Å²) in [5.41, 5.74) is 23.3. The molecular weight excluding hydrogens is 771 g/mol. The molecule has 0 saturated heterocycles. The van der Waals surface area contributed by atoms with Crippen LogP contribution < -0.4 is 4.90 Å². The van der Waals surface area contributed by atoms with Gasteiger partial charge in [0.2, 0.25) is 0 Å². The van der Waals surface area contributed by atoms with Crippen LogP contribution in [0, 0.1) is 18.8 Å². The van der Waals surface area contributed by atoms with Crippen LogP contribution >= 0.6 is 0 Å². The molecule has 0 aliphatic heterocycles. The van der Waals surface area contributed by atoms with Crippen molar-refractivity contribution in [1.29, 1.82) is 0 Å². The van der Waals surface area contributed by atoms with Crippen molar-refractivity contribution in [1.82, 2.24) is 0 Å². The van der Waals surface area contributed by atoms with Gasteiger partial charge in [0.05, 0.1) is 0 Å². The van der Waals surface area contributed by atoms with Crippen molar-refractivity contribution >= 4 is 27.6 Å². The Labute approximate surface area is 379 Å². The summed E-state index contributed by atoms with van der Waals surface area (Å²) >= 11 is 0. The lowest BCUT2D eigenvalue weighted by Crippen LogP contribution is -2.30. The third-order valence-corrected chi connectivity index (χ3v) is 15.4. The summed E-state index contributed by atoms with van der Waals surface area (Å²) in [6.07, 6.45) is 32.8. The van der Waals surface area contributed by atoms with E-state index in [1.54, 1.807) is 0 Å². The number of benzene rings is 6. The van der Waals surface area contributed by atoms with Crippen LogP contribution in [0.3, 0.4) is 0 Å². The third kappa shape index (κ3) is 6.43. The second-order valence-electron chi connectivity index (χ2n) is 19.4. The van der Waals surface area contributed by atoms with E-state index in [4.69, 9.17) is 0 Å². The summed E-state index contributed by atoms with van der Waals surface area (Å²) in [5.74, 6) is 0.887. The van der Waals surface area contributed by atoms with Crippen LogP contribution in [0.25, 0.3) is 44.2 Å². The van der Waals surface area contributed by atoms with Crippen molar-refractivity contribution in [2.24, 2.45) is 11.8 Å². The quantitative estimate of drug-likeness (QED) is 0.155. The molecule has 0 aromatic heterocycles. The normalized spacial score (nSPS) is 21.2. The van der Waals surface area contributed by atoms with Crippen LogP contribution in [-0.2, 0) is 5.41 Å². The Balaban J connectivity index is 1.03. The lowest BCUT2D eigenvalue weighted by molar-refractivity contribution is 0.406. The second-order valence-corrected chi connectivity index (χ2v) is 19.4. The molecule has 1 heteroatoms. The lowest BCUT2D eigenvalue weighted by atomic mass is 9.73. The predicted octanol–water partition coefficient (Wildman–Crippen LogP) is 16.5. The Kier molecular flexibility index (Phi) is 9.45. The number of hydrogen-bond donors (Lipinski definition) is 0. The van der Waals surface area contributed by atoms with E-state index < -0.39 is 0 Å². The first kappa shape index (κ1) is 38.9. The molecule has 12 rings (SSSR count). The average molecular weight is 826 g/mol. The molecule has 0 radical (unpaired) electrons. The van der Waals surface area contributed by atoms with E-state index in [9.17, 15) is 0 Å². The monoisotopic (exact) mass is 825 g/mol. The largest absolute Gasteiger partial charge is 0.315 e. The van der Waals surface area contributed by atoms with Crippen LogP contribution in [0.2, 0.25) is 0 Å². The molecule has 0 N–H and O–H groups in total. The second kappa shape index (κ2) is 15.5. The van der Waals surface area contributed by atoms with Gasteiger partial charge in [-0.15, -0.1) is 0 Å². The van der Waals surface area contributed by atoms with Gasteiger partial charge in [0.15, 0.2) is 0 Å². The zero-order valence-corrected chi connectivity index (χ0v) is 37.3. The molecule has 3 unspecified atom stereocenters. The number of aryl methyl sites for hydroxylation is 1. The van der Waals surface area contributed by atoms with E-state index in [0.717, 1.165) is 38.5 Å². The summed E-state index contributed by atoms with van der Waals surface area (Å²) in [4.78, 5) is 2.62. The number of allylic oxidation sites excluding steroid dienone is 15. The number of fused-ring (bicyclic) bond motifs is 7. The van der Waals surface area contributed by atoms with Gasteiger partial charge in [-0.2, -0.15) is 0 Å². The summed E-state index contributed by atoms with van der Waals surface area (Å²) in [7, 11) is 0. The standard InChI is InChI=1S/C63H55N/c1-41-25-33-56(57(37-41)45-17-8-5-9-18-45)62-58-38-46(51-23-14-20-44-19-10-11-21-50(44)51)28-34-52(58)53-35-31-48(39-59(53)62)64(47-29-26-43(27-30-47)42-15-6-4-7-16-42)49-32-36-55-54-22-12-13-24-60(54)63(2,3)61(55)40-49/h5-6,8,10-17,19-26,28-39,43,61-62H,4,7,9,18,27,40H2,1-3H3. The van der Waals surface area contributed by atoms with E-state index in [1.807, 2.05) is 0 Å². The molecule has 0 bridgehead atoms. The van der Waals surface area contributed by atoms with E-state index in [-0.39, 0.29) is 11.3 Å². The van der Waals surface area contributed by atoms with Gasteiger partial charge in [0.25, 0.3) is 0 Å². The summed E-state index contributed by atoms with van der Waals surface area (Å²) in [6, 6.07) is 46.6. The maximum atomic E-state index is 2.62. The zero-order valence-electron chi connectivity index (χ0n) is 37.3. The maximum Gasteiger partial charge on any atom is 0.0461 e. The fourth-order valence-electron chi connectivity index (χ4n) is 12.1. The molecule has 0 spiro atoms. The lowest BCUT2D eigenvalue weighted by Gasteiger charge is -2.37. The molecule has 6 aliphatic carbocycles. The highest BCUT2D eigenvalue weighted by Crippen LogP contribution is 2.56. The van der Waals surface area contributed by atoms with E-state index in [2.05, 4.69) is 214 Å². The minimum atomic E-state index is 0.0343. The first-order valence-corrected chi connectivity index (χ1v) is 23.7. The molecular formula is C63H55N. The van der Waals surface area contributed by atoms with E-state index in [0.29, 0.717) is 11.8 Å². The van der Waals surface area contributed by atoms with Gasteiger partial charge in [-0.05, 0) is 170 Å². The third-order valence-electron chi connectivity index (χ3n) is 15.4. The first-order chi connectivity index (χ1) is 31.4. The van der Waals surface area contributed by atoms with Crippen molar-refractivity contribution < 1.29 is 0 Å². The van der Waals surface area contributed by atoms with Gasteiger partial charge >= 0.3 is 0 Å². The number of hydrogen-bond acceptors (Lipinski definition) is 1. The highest BCUT2D eigenvalue weighted by atomic mass is 15.2. The Hall–Kier alpha value is -6.70. The van der Waals surface area contributed by atoms with Crippen LogP contribution in [0.5, 0.6) is 0 Å². The molecule has 6 aromatic rings. The van der Waals surface area contributed by atoms with Gasteiger partial charge < -0.3 is 4.90 Å². The van der Waals surface area contributed by atoms with E-state index in [1.165, 1.54) is 106 Å². The zero-order chi connectivity index (χ0) is 42.9. The highest BCUT2D eigenvalue weighted by molar-refractivity contribution is 5.98. The SMILES string of the molecule is Cc1ccc(C2c3cc(-c4cccc5ccccc45)ccc3-c3ccc(N(C4=CCC(C5=CCCC=C5)C=C4)C4=CC=C5c6ccccc6C(C)(C)C5C4)cc32)c(C2=CC=CCC2)c1. The minimum absolute atomic E-state index is 0.0343. The first-order valence-electron chi connectivity index (χ1n) is 23.7. The van der Waals surface area contributed by atoms with Crippen molar-refractivity contribution in [3.8, 4) is 22.3 Å².